The van der Waals surface area contributed by atoms with Gasteiger partial charge < -0.3 is 10.1 Å². The van der Waals surface area contributed by atoms with Gasteiger partial charge in [-0.2, -0.15) is 0 Å². The van der Waals surface area contributed by atoms with Gasteiger partial charge in [-0.05, 0) is 51.0 Å². The molecule has 9 heteroatoms. The van der Waals surface area contributed by atoms with Crippen LogP contribution in [0, 0.1) is 13.8 Å². The lowest BCUT2D eigenvalue weighted by atomic mass is 10.1. The van der Waals surface area contributed by atoms with Crippen LogP contribution in [-0.2, 0) is 0 Å². The summed E-state index contributed by atoms with van der Waals surface area (Å²) in [5.41, 5.74) is 3.71. The number of ether oxygens (including phenoxy) is 1. The van der Waals surface area contributed by atoms with Gasteiger partial charge in [0, 0.05) is 24.7 Å². The van der Waals surface area contributed by atoms with Crippen molar-refractivity contribution >= 4 is 39.9 Å². The predicted molar refractivity (Wildman–Crippen MR) is 125 cm³/mol. The highest BCUT2D eigenvalue weighted by atomic mass is 35.5. The summed E-state index contributed by atoms with van der Waals surface area (Å²) in [5.74, 6) is 2.26. The van der Waals surface area contributed by atoms with Crippen LogP contribution in [0.5, 0.6) is 5.75 Å². The van der Waals surface area contributed by atoms with Crippen molar-refractivity contribution in [1.29, 1.82) is 0 Å². The molecule has 0 aliphatic carbocycles. The lowest BCUT2D eigenvalue weighted by molar-refractivity contribution is 0.0979. The minimum atomic E-state index is 0.0303. The molecule has 0 atom stereocenters. The maximum atomic E-state index is 12.4. The first-order chi connectivity index (χ1) is 15.5. The van der Waals surface area contributed by atoms with E-state index < -0.39 is 0 Å². The molecule has 0 radical (unpaired) electrons. The van der Waals surface area contributed by atoms with E-state index in [1.807, 2.05) is 42.5 Å². The Morgan fingerprint density at radius 1 is 1.09 bits per heavy atom. The smallest absolute Gasteiger partial charge is 0.204 e. The van der Waals surface area contributed by atoms with E-state index in [2.05, 4.69) is 20.5 Å². The number of nitrogens with zero attached hydrogens (tertiary/aromatic N) is 5. The molecule has 4 aromatic rings. The maximum Gasteiger partial charge on any atom is 0.204 e. The van der Waals surface area contributed by atoms with Crippen molar-refractivity contribution in [2.24, 2.45) is 0 Å². The van der Waals surface area contributed by atoms with E-state index in [1.165, 1.54) is 0 Å². The molecule has 0 aliphatic rings. The lowest BCUT2D eigenvalue weighted by Crippen LogP contribution is -2.07. The number of nitrogens with one attached hydrogen (secondary N) is 1. The summed E-state index contributed by atoms with van der Waals surface area (Å²) in [4.78, 5) is 21.3. The van der Waals surface area contributed by atoms with Gasteiger partial charge in [0.15, 0.2) is 11.6 Å². The summed E-state index contributed by atoms with van der Waals surface area (Å²) in [6.45, 7) is 4.48. The van der Waals surface area contributed by atoms with Crippen molar-refractivity contribution < 1.29 is 9.53 Å². The zero-order valence-electron chi connectivity index (χ0n) is 18.4. The molecule has 32 heavy (non-hydrogen) atoms. The van der Waals surface area contributed by atoms with Crippen LogP contribution in [-0.4, -0.2) is 44.0 Å². The SMILES string of the molecule is COc1ccc2nc(NCCCCCC(=O)c3ccc(C)nc3Cl)c3nnc(C)n3c2c1. The van der Waals surface area contributed by atoms with E-state index in [-0.39, 0.29) is 10.9 Å². The number of rotatable bonds is 9. The fraction of sp³-hybridized carbons (Fsp3) is 0.348. The van der Waals surface area contributed by atoms with E-state index in [0.717, 1.165) is 54.1 Å². The fourth-order valence-corrected chi connectivity index (χ4v) is 3.96. The van der Waals surface area contributed by atoms with Crippen LogP contribution in [0.15, 0.2) is 30.3 Å². The summed E-state index contributed by atoms with van der Waals surface area (Å²) in [6.07, 6.45) is 3.04. The van der Waals surface area contributed by atoms with Gasteiger partial charge in [0.1, 0.15) is 16.7 Å². The van der Waals surface area contributed by atoms with E-state index in [1.54, 1.807) is 13.2 Å². The monoisotopic (exact) mass is 452 g/mol. The Hall–Kier alpha value is -3.26. The molecular formula is C23H25ClN6O2. The van der Waals surface area contributed by atoms with Crippen LogP contribution in [0.3, 0.4) is 0 Å². The lowest BCUT2D eigenvalue weighted by Gasteiger charge is -2.10. The van der Waals surface area contributed by atoms with Crippen molar-refractivity contribution in [3.63, 3.8) is 0 Å². The number of hydrogen-bond acceptors (Lipinski definition) is 7. The topological polar surface area (TPSA) is 94.3 Å². The second kappa shape index (κ2) is 9.48. The Bertz CT molecular complexity index is 1290. The second-order valence-electron chi connectivity index (χ2n) is 7.67. The van der Waals surface area contributed by atoms with E-state index >= 15 is 0 Å². The third kappa shape index (κ3) is 4.50. The first kappa shape index (κ1) is 22.0. The zero-order chi connectivity index (χ0) is 22.7. The Labute approximate surface area is 191 Å². The minimum Gasteiger partial charge on any atom is -0.497 e. The van der Waals surface area contributed by atoms with Gasteiger partial charge in [-0.3, -0.25) is 9.20 Å². The zero-order valence-corrected chi connectivity index (χ0v) is 19.1. The number of aromatic nitrogens is 5. The van der Waals surface area contributed by atoms with Crippen molar-refractivity contribution in [2.75, 3.05) is 19.0 Å². The highest BCUT2D eigenvalue weighted by Gasteiger charge is 2.14. The standard InChI is InChI=1S/C23H25ClN6O2/c1-14-8-10-17(21(24)26-14)20(31)7-5-4-6-12-25-22-23-29-28-15(2)30(23)19-13-16(32-3)9-11-18(19)27-22/h8-11,13H,4-7,12H2,1-3H3,(H,25,27). The second-order valence-corrected chi connectivity index (χ2v) is 8.03. The molecule has 3 aromatic heterocycles. The quantitative estimate of drug-likeness (QED) is 0.221. The van der Waals surface area contributed by atoms with Gasteiger partial charge >= 0.3 is 0 Å². The molecule has 1 N–H and O–H groups in total. The number of Topliss-reactive ketones (excluding diaryl/α,β-unsaturated/α-hetero) is 1. The normalized spacial score (nSPS) is 11.2. The van der Waals surface area contributed by atoms with Crippen LogP contribution in [0.1, 0.15) is 47.6 Å². The molecule has 0 spiro atoms. The van der Waals surface area contributed by atoms with Gasteiger partial charge in [0.2, 0.25) is 5.65 Å². The fourth-order valence-electron chi connectivity index (χ4n) is 3.66. The number of methoxy groups -OCH3 is 1. The first-order valence-corrected chi connectivity index (χ1v) is 11.0. The highest BCUT2D eigenvalue weighted by molar-refractivity contribution is 6.32. The number of carbonyl (C=O) groups excluding carboxylic acids is 1. The molecule has 0 unspecified atom stereocenters. The summed E-state index contributed by atoms with van der Waals surface area (Å²) in [6, 6.07) is 9.30. The molecule has 0 bridgehead atoms. The Kier molecular flexibility index (Phi) is 6.50. The molecule has 3 heterocycles. The average Bonchev–Trinajstić information content (AvgIpc) is 3.17. The number of benzene rings is 1. The van der Waals surface area contributed by atoms with Crippen molar-refractivity contribution in [3.05, 3.63) is 52.6 Å². The van der Waals surface area contributed by atoms with Gasteiger partial charge in [0.25, 0.3) is 0 Å². The van der Waals surface area contributed by atoms with Gasteiger partial charge in [0.05, 0.1) is 23.7 Å². The van der Waals surface area contributed by atoms with Gasteiger partial charge in [-0.1, -0.05) is 18.0 Å². The van der Waals surface area contributed by atoms with Crippen LogP contribution < -0.4 is 10.1 Å². The number of carbonyl (C=O) groups is 1. The molecule has 4 rings (SSSR count). The largest absolute Gasteiger partial charge is 0.497 e. The number of aryl methyl sites for hydroxylation is 2. The van der Waals surface area contributed by atoms with Crippen LogP contribution in [0.25, 0.3) is 16.7 Å². The van der Waals surface area contributed by atoms with Gasteiger partial charge in [-0.25, -0.2) is 9.97 Å². The number of fused-ring (bicyclic) bond motifs is 3. The molecule has 0 saturated heterocycles. The summed E-state index contributed by atoms with van der Waals surface area (Å²) in [5, 5.41) is 12.2. The number of unbranched alkanes of at least 4 members (excludes halogenated alkanes) is 2. The molecule has 0 amide bonds. The third-order valence-corrected chi connectivity index (χ3v) is 5.64. The number of hydrogen-bond donors (Lipinski definition) is 1. The van der Waals surface area contributed by atoms with Gasteiger partial charge in [-0.15, -0.1) is 10.2 Å². The maximum absolute atomic E-state index is 12.4. The van der Waals surface area contributed by atoms with Crippen molar-refractivity contribution in [2.45, 2.75) is 39.5 Å². The summed E-state index contributed by atoms with van der Waals surface area (Å²) >= 11 is 6.09. The van der Waals surface area contributed by atoms with Crippen molar-refractivity contribution in [3.8, 4) is 5.75 Å². The van der Waals surface area contributed by atoms with E-state index in [4.69, 9.17) is 21.3 Å². The number of ketones is 1. The molecule has 0 aliphatic heterocycles. The molecule has 1 aromatic carbocycles. The van der Waals surface area contributed by atoms with Crippen LogP contribution in [0.2, 0.25) is 5.15 Å². The van der Waals surface area contributed by atoms with E-state index in [9.17, 15) is 4.79 Å². The Balaban J connectivity index is 1.36. The summed E-state index contributed by atoms with van der Waals surface area (Å²) < 4.78 is 7.32. The summed E-state index contributed by atoms with van der Waals surface area (Å²) in [7, 11) is 1.64. The molecule has 0 saturated carbocycles. The minimum absolute atomic E-state index is 0.0303. The molecule has 0 fully saturated rings. The molecule has 166 valence electrons. The molecule has 8 nitrogen and oxygen atoms in total. The van der Waals surface area contributed by atoms with Crippen LogP contribution >= 0.6 is 11.6 Å². The Morgan fingerprint density at radius 3 is 2.72 bits per heavy atom. The first-order valence-electron chi connectivity index (χ1n) is 10.6. The number of pyridine rings is 1. The van der Waals surface area contributed by atoms with Crippen LogP contribution in [0.4, 0.5) is 5.82 Å². The highest BCUT2D eigenvalue weighted by Crippen LogP contribution is 2.25. The third-order valence-electron chi connectivity index (χ3n) is 5.35. The molecular weight excluding hydrogens is 428 g/mol. The average molecular weight is 453 g/mol. The number of anilines is 1. The van der Waals surface area contributed by atoms with Crippen molar-refractivity contribution in [1.82, 2.24) is 24.6 Å². The Morgan fingerprint density at radius 2 is 1.94 bits per heavy atom. The van der Waals surface area contributed by atoms with E-state index in [0.29, 0.717) is 23.4 Å². The predicted octanol–water partition coefficient (Wildman–Crippen LogP) is 4.81. The number of halogens is 1.